The Bertz CT molecular complexity index is 1430. The maximum atomic E-state index is 13.6. The maximum absolute atomic E-state index is 13.6. The third kappa shape index (κ3) is 4.37. The molecule has 5 rings (SSSR count). The van der Waals surface area contributed by atoms with E-state index in [4.69, 9.17) is 4.74 Å². The van der Waals surface area contributed by atoms with E-state index in [0.717, 1.165) is 10.8 Å². The van der Waals surface area contributed by atoms with Gasteiger partial charge >= 0.3 is 0 Å². The number of fused-ring (bicyclic) bond motifs is 2. The second-order valence-electron chi connectivity index (χ2n) is 9.08. The molecule has 2 amide bonds. The summed E-state index contributed by atoms with van der Waals surface area (Å²) in [4.78, 5) is 25.2. The Hall–Kier alpha value is -3.43. The summed E-state index contributed by atoms with van der Waals surface area (Å²) in [5.41, 5.74) is 1.67. The molecule has 2 atom stereocenters. The molecule has 2 aliphatic rings. The molecule has 2 aliphatic heterocycles. The molecule has 1 fully saturated rings. The van der Waals surface area contributed by atoms with Crippen molar-refractivity contribution in [3.8, 4) is 5.75 Å². The molecule has 182 valence electrons. The van der Waals surface area contributed by atoms with Gasteiger partial charge in [0.15, 0.2) is 6.10 Å². The van der Waals surface area contributed by atoms with Gasteiger partial charge in [-0.1, -0.05) is 36.4 Å². The van der Waals surface area contributed by atoms with Gasteiger partial charge in [-0.05, 0) is 49.8 Å². The van der Waals surface area contributed by atoms with Crippen molar-refractivity contribution >= 4 is 44.0 Å². The number of carbonyl (C=O) groups is 2. The Morgan fingerprint density at radius 1 is 1.14 bits per heavy atom. The predicted octanol–water partition coefficient (Wildman–Crippen LogP) is 3.91. The molecule has 0 saturated carbocycles. The van der Waals surface area contributed by atoms with E-state index in [-0.39, 0.29) is 23.3 Å². The standard InChI is InChI=1S/C26H27N3O5S/c1-16-13-22-23(34-17(2)25(30)28-22)14-24(16)35(32,33)29-12-6-9-19(15-29)26(31)27-21-11-5-8-18-7-3-4-10-20(18)21/h3-5,7-8,10-11,13-14,17,19H,6,9,12,15H2,1-2H3,(H,27,31)(H,28,30)/t17-,19+/m0/s1. The fraction of sp³-hybridized carbons (Fsp3) is 0.308. The van der Waals surface area contributed by atoms with Gasteiger partial charge in [0.05, 0.1) is 16.5 Å². The molecule has 2 N–H and O–H groups in total. The van der Waals surface area contributed by atoms with Crippen molar-refractivity contribution in [2.24, 2.45) is 5.92 Å². The summed E-state index contributed by atoms with van der Waals surface area (Å²) < 4.78 is 34.2. The van der Waals surface area contributed by atoms with Crippen molar-refractivity contribution in [3.05, 3.63) is 60.2 Å². The van der Waals surface area contributed by atoms with Crippen LogP contribution in [0.2, 0.25) is 0 Å². The van der Waals surface area contributed by atoms with Gasteiger partial charge in [0.1, 0.15) is 5.75 Å². The smallest absolute Gasteiger partial charge is 0.265 e. The summed E-state index contributed by atoms with van der Waals surface area (Å²) in [7, 11) is -3.87. The molecular formula is C26H27N3O5S. The van der Waals surface area contributed by atoms with E-state index in [1.54, 1.807) is 19.9 Å². The van der Waals surface area contributed by atoms with Gasteiger partial charge in [0.2, 0.25) is 15.9 Å². The van der Waals surface area contributed by atoms with Crippen molar-refractivity contribution in [1.82, 2.24) is 4.31 Å². The molecule has 3 aromatic carbocycles. The number of sulfonamides is 1. The van der Waals surface area contributed by atoms with E-state index in [0.29, 0.717) is 42.1 Å². The van der Waals surface area contributed by atoms with E-state index < -0.39 is 22.0 Å². The minimum atomic E-state index is -3.87. The fourth-order valence-corrected chi connectivity index (χ4v) is 6.45. The number of amides is 2. The molecule has 9 heteroatoms. The number of carbonyl (C=O) groups excluding carboxylic acids is 2. The SMILES string of the molecule is Cc1cc2c(cc1S(=O)(=O)N1CCC[C@@H](C(=O)Nc3cccc4ccccc34)C1)O[C@@H](C)C(=O)N2. The van der Waals surface area contributed by atoms with Crippen LogP contribution in [-0.4, -0.2) is 43.7 Å². The van der Waals surface area contributed by atoms with Crippen LogP contribution in [0.5, 0.6) is 5.75 Å². The molecule has 0 spiro atoms. The van der Waals surface area contributed by atoms with Gasteiger partial charge in [-0.15, -0.1) is 0 Å². The number of anilines is 2. The van der Waals surface area contributed by atoms with E-state index >= 15 is 0 Å². The van der Waals surface area contributed by atoms with Crippen molar-refractivity contribution in [2.75, 3.05) is 23.7 Å². The van der Waals surface area contributed by atoms with Crippen LogP contribution in [0.4, 0.5) is 11.4 Å². The lowest BCUT2D eigenvalue weighted by atomic mass is 9.98. The summed E-state index contributed by atoms with van der Waals surface area (Å²) in [6, 6.07) is 16.6. The largest absolute Gasteiger partial charge is 0.479 e. The third-order valence-corrected chi connectivity index (χ3v) is 8.64. The van der Waals surface area contributed by atoms with E-state index in [1.165, 1.54) is 10.4 Å². The molecule has 0 unspecified atom stereocenters. The van der Waals surface area contributed by atoms with Crippen molar-refractivity contribution in [3.63, 3.8) is 0 Å². The van der Waals surface area contributed by atoms with Gasteiger partial charge in [0.25, 0.3) is 5.91 Å². The topological polar surface area (TPSA) is 105 Å². The van der Waals surface area contributed by atoms with Crippen LogP contribution in [0, 0.1) is 12.8 Å². The van der Waals surface area contributed by atoms with E-state index in [9.17, 15) is 18.0 Å². The average molecular weight is 494 g/mol. The van der Waals surface area contributed by atoms with Crippen LogP contribution in [0.1, 0.15) is 25.3 Å². The van der Waals surface area contributed by atoms with Crippen LogP contribution in [0.15, 0.2) is 59.5 Å². The number of aryl methyl sites for hydroxylation is 1. The number of rotatable bonds is 4. The molecule has 3 aromatic rings. The number of hydrogen-bond donors (Lipinski definition) is 2. The van der Waals surface area contributed by atoms with Crippen LogP contribution < -0.4 is 15.4 Å². The highest BCUT2D eigenvalue weighted by Crippen LogP contribution is 2.36. The normalized spacial score (nSPS) is 20.6. The first kappa shape index (κ1) is 23.3. The van der Waals surface area contributed by atoms with Gasteiger partial charge in [-0.3, -0.25) is 9.59 Å². The highest BCUT2D eigenvalue weighted by Gasteiger charge is 2.35. The van der Waals surface area contributed by atoms with Crippen molar-refractivity contribution in [2.45, 2.75) is 37.7 Å². The molecule has 0 aromatic heterocycles. The van der Waals surface area contributed by atoms with Crippen LogP contribution in [-0.2, 0) is 19.6 Å². The highest BCUT2D eigenvalue weighted by molar-refractivity contribution is 7.89. The summed E-state index contributed by atoms with van der Waals surface area (Å²) in [5, 5.41) is 7.71. The van der Waals surface area contributed by atoms with E-state index in [2.05, 4.69) is 10.6 Å². The fourth-order valence-electron chi connectivity index (χ4n) is 4.70. The number of hydrogen-bond acceptors (Lipinski definition) is 5. The second-order valence-corrected chi connectivity index (χ2v) is 11.0. The summed E-state index contributed by atoms with van der Waals surface area (Å²) in [6.45, 7) is 3.73. The first-order valence-electron chi connectivity index (χ1n) is 11.6. The molecule has 0 radical (unpaired) electrons. The van der Waals surface area contributed by atoms with Gasteiger partial charge < -0.3 is 15.4 Å². The third-order valence-electron chi connectivity index (χ3n) is 6.63. The van der Waals surface area contributed by atoms with Crippen molar-refractivity contribution < 1.29 is 22.7 Å². The minimum absolute atomic E-state index is 0.101. The molecule has 35 heavy (non-hydrogen) atoms. The zero-order chi connectivity index (χ0) is 24.7. The summed E-state index contributed by atoms with van der Waals surface area (Å²) in [6.07, 6.45) is 0.483. The molecule has 0 aliphatic carbocycles. The first-order chi connectivity index (χ1) is 16.7. The quantitative estimate of drug-likeness (QED) is 0.574. The summed E-state index contributed by atoms with van der Waals surface area (Å²) >= 11 is 0. The number of piperidine rings is 1. The summed E-state index contributed by atoms with van der Waals surface area (Å²) in [5.74, 6) is -0.610. The zero-order valence-corrected chi connectivity index (χ0v) is 20.4. The van der Waals surface area contributed by atoms with Crippen LogP contribution in [0.25, 0.3) is 10.8 Å². The van der Waals surface area contributed by atoms with Gasteiger partial charge in [0, 0.05) is 30.2 Å². The Balaban J connectivity index is 1.37. The second kappa shape index (κ2) is 8.98. The number of nitrogens with zero attached hydrogens (tertiary/aromatic N) is 1. The maximum Gasteiger partial charge on any atom is 0.265 e. The Labute approximate surface area is 204 Å². The highest BCUT2D eigenvalue weighted by atomic mass is 32.2. The first-order valence-corrected chi connectivity index (χ1v) is 13.1. The average Bonchev–Trinajstić information content (AvgIpc) is 2.85. The number of nitrogens with one attached hydrogen (secondary N) is 2. The number of ether oxygens (including phenoxy) is 1. The lowest BCUT2D eigenvalue weighted by Crippen LogP contribution is -2.44. The number of benzene rings is 3. The van der Waals surface area contributed by atoms with Gasteiger partial charge in [-0.25, -0.2) is 8.42 Å². The Morgan fingerprint density at radius 2 is 1.91 bits per heavy atom. The Kier molecular flexibility index (Phi) is 5.98. The molecular weight excluding hydrogens is 466 g/mol. The predicted molar refractivity (Wildman–Crippen MR) is 134 cm³/mol. The molecule has 2 heterocycles. The van der Waals surface area contributed by atoms with Crippen LogP contribution in [0.3, 0.4) is 0 Å². The Morgan fingerprint density at radius 3 is 2.74 bits per heavy atom. The van der Waals surface area contributed by atoms with Gasteiger partial charge in [-0.2, -0.15) is 4.31 Å². The molecule has 8 nitrogen and oxygen atoms in total. The zero-order valence-electron chi connectivity index (χ0n) is 19.6. The minimum Gasteiger partial charge on any atom is -0.479 e. The lowest BCUT2D eigenvalue weighted by Gasteiger charge is -2.32. The van der Waals surface area contributed by atoms with E-state index in [1.807, 2.05) is 42.5 Å². The molecule has 0 bridgehead atoms. The van der Waals surface area contributed by atoms with Crippen molar-refractivity contribution in [1.29, 1.82) is 0 Å². The molecule has 1 saturated heterocycles. The monoisotopic (exact) mass is 493 g/mol. The lowest BCUT2D eigenvalue weighted by molar-refractivity contribution is -0.123. The van der Waals surface area contributed by atoms with Crippen LogP contribution >= 0.6 is 0 Å².